The fourth-order valence-electron chi connectivity index (χ4n) is 3.57. The maximum absolute atomic E-state index is 12.2. The van der Waals surface area contributed by atoms with Gasteiger partial charge in [-0.3, -0.25) is 9.59 Å². The minimum Gasteiger partial charge on any atom is -0.480 e. The average molecular weight is 412 g/mol. The quantitative estimate of drug-likeness (QED) is 0.653. The lowest BCUT2D eigenvalue weighted by atomic mass is 9.98. The van der Waals surface area contributed by atoms with E-state index in [1.807, 2.05) is 48.5 Å². The summed E-state index contributed by atoms with van der Waals surface area (Å²) >= 11 is 0. The number of hydrogen-bond acceptors (Lipinski definition) is 5. The molecule has 8 nitrogen and oxygen atoms in total. The Morgan fingerprint density at radius 2 is 1.63 bits per heavy atom. The molecule has 2 aromatic rings. The number of amides is 2. The monoisotopic (exact) mass is 412 g/mol. The molecule has 0 unspecified atom stereocenters. The zero-order chi connectivity index (χ0) is 21.5. The molecule has 2 amide bonds. The predicted octanol–water partition coefficient (Wildman–Crippen LogP) is 2.08. The van der Waals surface area contributed by atoms with Gasteiger partial charge in [-0.25, -0.2) is 4.79 Å². The lowest BCUT2D eigenvalue weighted by Gasteiger charge is -2.20. The van der Waals surface area contributed by atoms with E-state index in [1.54, 1.807) is 0 Å². The van der Waals surface area contributed by atoms with Gasteiger partial charge in [0.05, 0.1) is 6.61 Å². The first-order valence-corrected chi connectivity index (χ1v) is 9.58. The minimum atomic E-state index is -1.14. The summed E-state index contributed by atoms with van der Waals surface area (Å²) in [6, 6.07) is 16.0. The van der Waals surface area contributed by atoms with E-state index in [-0.39, 0.29) is 32.2 Å². The highest BCUT2D eigenvalue weighted by Crippen LogP contribution is 2.44. The Labute approximate surface area is 174 Å². The number of aliphatic carboxylic acids is 1. The maximum Gasteiger partial charge on any atom is 0.407 e. The molecule has 0 spiro atoms. The third kappa shape index (κ3) is 4.96. The van der Waals surface area contributed by atoms with Gasteiger partial charge in [-0.05, 0) is 22.3 Å². The second-order valence-corrected chi connectivity index (χ2v) is 6.88. The van der Waals surface area contributed by atoms with E-state index in [4.69, 9.17) is 14.6 Å². The van der Waals surface area contributed by atoms with E-state index < -0.39 is 24.5 Å². The van der Waals surface area contributed by atoms with Gasteiger partial charge in [-0.15, -0.1) is 0 Å². The van der Waals surface area contributed by atoms with Crippen LogP contribution in [0.15, 0.2) is 48.5 Å². The van der Waals surface area contributed by atoms with Crippen molar-refractivity contribution in [2.75, 3.05) is 40.0 Å². The molecule has 2 N–H and O–H groups in total. The molecule has 30 heavy (non-hydrogen) atoms. The molecule has 0 heterocycles. The number of fused-ring (bicyclic) bond motifs is 3. The summed E-state index contributed by atoms with van der Waals surface area (Å²) in [4.78, 5) is 36.4. The molecular weight excluding hydrogens is 388 g/mol. The molecule has 3 rings (SSSR count). The number of alkyl carbamates (subject to hydrolysis) is 1. The molecule has 0 saturated carbocycles. The molecule has 1 aliphatic rings. The molecule has 2 aromatic carbocycles. The summed E-state index contributed by atoms with van der Waals surface area (Å²) in [5.74, 6) is -1.74. The fraction of sp³-hybridized carbons (Fsp3) is 0.318. The summed E-state index contributed by atoms with van der Waals surface area (Å²) in [7, 11) is 1.46. The first-order valence-electron chi connectivity index (χ1n) is 9.58. The Morgan fingerprint density at radius 1 is 1.03 bits per heavy atom. The van der Waals surface area contributed by atoms with Crippen LogP contribution in [0.3, 0.4) is 0 Å². The second kappa shape index (κ2) is 9.89. The number of methoxy groups -OCH3 is 1. The molecule has 0 radical (unpaired) electrons. The molecule has 0 fully saturated rings. The first kappa shape index (κ1) is 21.3. The number of carbonyl (C=O) groups excluding carboxylic acids is 2. The number of carboxylic acid groups (broad SMARTS) is 1. The Kier molecular flexibility index (Phi) is 7.03. The van der Waals surface area contributed by atoms with Crippen molar-refractivity contribution in [2.45, 2.75) is 5.92 Å². The topological polar surface area (TPSA) is 105 Å². The summed E-state index contributed by atoms with van der Waals surface area (Å²) in [6.07, 6.45) is -0.729. The summed E-state index contributed by atoms with van der Waals surface area (Å²) < 4.78 is 10.3. The van der Waals surface area contributed by atoms with Crippen molar-refractivity contribution in [1.29, 1.82) is 0 Å². The highest BCUT2D eigenvalue weighted by Gasteiger charge is 2.29. The lowest BCUT2D eigenvalue weighted by Crippen LogP contribution is -2.44. The number of rotatable bonds is 9. The van der Waals surface area contributed by atoms with Crippen LogP contribution in [0.2, 0.25) is 0 Å². The van der Waals surface area contributed by atoms with Crippen LogP contribution in [0.5, 0.6) is 0 Å². The van der Waals surface area contributed by atoms with Crippen LogP contribution in [-0.2, 0) is 19.1 Å². The predicted molar refractivity (Wildman–Crippen MR) is 109 cm³/mol. The Bertz CT molecular complexity index is 884. The van der Waals surface area contributed by atoms with Crippen molar-refractivity contribution < 1.29 is 29.0 Å². The van der Waals surface area contributed by atoms with Gasteiger partial charge in [-0.1, -0.05) is 48.5 Å². The Hall–Kier alpha value is -3.39. The maximum atomic E-state index is 12.2. The van der Waals surface area contributed by atoms with Crippen LogP contribution in [0.1, 0.15) is 17.0 Å². The number of ether oxygens (including phenoxy) is 2. The fourth-order valence-corrected chi connectivity index (χ4v) is 3.57. The Morgan fingerprint density at radius 3 is 2.20 bits per heavy atom. The van der Waals surface area contributed by atoms with Crippen molar-refractivity contribution >= 4 is 18.0 Å². The number of hydrogen-bond donors (Lipinski definition) is 2. The third-order valence-electron chi connectivity index (χ3n) is 4.97. The largest absolute Gasteiger partial charge is 0.480 e. The minimum absolute atomic E-state index is 0.0796. The molecule has 158 valence electrons. The van der Waals surface area contributed by atoms with Crippen LogP contribution in [0, 0.1) is 0 Å². The van der Waals surface area contributed by atoms with Gasteiger partial charge in [-0.2, -0.15) is 0 Å². The van der Waals surface area contributed by atoms with Gasteiger partial charge in [0.15, 0.2) is 0 Å². The van der Waals surface area contributed by atoms with Gasteiger partial charge in [0.25, 0.3) is 0 Å². The highest BCUT2D eigenvalue weighted by molar-refractivity contribution is 5.85. The number of benzene rings is 2. The van der Waals surface area contributed by atoms with Gasteiger partial charge < -0.3 is 24.8 Å². The van der Waals surface area contributed by atoms with E-state index in [0.29, 0.717) is 0 Å². The highest BCUT2D eigenvalue weighted by atomic mass is 16.5. The van der Waals surface area contributed by atoms with E-state index in [1.165, 1.54) is 7.11 Å². The first-order chi connectivity index (χ1) is 14.5. The molecule has 0 aliphatic heterocycles. The van der Waals surface area contributed by atoms with Crippen LogP contribution in [0.4, 0.5) is 4.79 Å². The van der Waals surface area contributed by atoms with Crippen LogP contribution >= 0.6 is 0 Å². The lowest BCUT2D eigenvalue weighted by molar-refractivity contribution is -0.144. The normalized spacial score (nSPS) is 12.0. The van der Waals surface area contributed by atoms with Gasteiger partial charge in [0.1, 0.15) is 19.7 Å². The van der Waals surface area contributed by atoms with E-state index in [2.05, 4.69) is 5.32 Å². The summed E-state index contributed by atoms with van der Waals surface area (Å²) in [5, 5.41) is 11.3. The van der Waals surface area contributed by atoms with Gasteiger partial charge >= 0.3 is 12.1 Å². The molecule has 1 aliphatic carbocycles. The molecule has 0 aromatic heterocycles. The Balaban J connectivity index is 1.56. The zero-order valence-electron chi connectivity index (χ0n) is 16.7. The van der Waals surface area contributed by atoms with Gasteiger partial charge in [0.2, 0.25) is 5.91 Å². The van der Waals surface area contributed by atoms with Crippen molar-refractivity contribution in [2.24, 2.45) is 0 Å². The SMILES string of the molecule is COCCN(CC(=O)O)C(=O)CNC(=O)OCC1c2ccccc2-c2ccccc21. The van der Waals surface area contributed by atoms with E-state index in [9.17, 15) is 14.4 Å². The van der Waals surface area contributed by atoms with Crippen LogP contribution in [0.25, 0.3) is 11.1 Å². The van der Waals surface area contributed by atoms with Crippen molar-refractivity contribution in [3.8, 4) is 11.1 Å². The van der Waals surface area contributed by atoms with Crippen LogP contribution < -0.4 is 5.32 Å². The third-order valence-corrected chi connectivity index (χ3v) is 4.97. The van der Waals surface area contributed by atoms with Crippen LogP contribution in [-0.4, -0.2) is 67.9 Å². The number of nitrogens with one attached hydrogen (secondary N) is 1. The van der Waals surface area contributed by atoms with Crippen molar-refractivity contribution in [3.05, 3.63) is 59.7 Å². The average Bonchev–Trinajstić information content (AvgIpc) is 3.07. The number of carbonyl (C=O) groups is 3. The van der Waals surface area contributed by atoms with E-state index >= 15 is 0 Å². The van der Waals surface area contributed by atoms with Gasteiger partial charge in [0, 0.05) is 19.6 Å². The van der Waals surface area contributed by atoms with Crippen molar-refractivity contribution in [1.82, 2.24) is 10.2 Å². The molecular formula is C22H24N2O6. The van der Waals surface area contributed by atoms with Crippen molar-refractivity contribution in [3.63, 3.8) is 0 Å². The summed E-state index contributed by atoms with van der Waals surface area (Å²) in [6.45, 7) is -0.364. The smallest absolute Gasteiger partial charge is 0.407 e. The number of carboxylic acids is 1. The molecule has 8 heteroatoms. The standard InChI is InChI=1S/C22H24N2O6/c1-29-11-10-24(13-21(26)27)20(25)12-23-22(28)30-14-19-17-8-4-2-6-15(17)16-7-3-5-9-18(16)19/h2-9,19H,10-14H2,1H3,(H,23,28)(H,26,27). The van der Waals surface area contributed by atoms with E-state index in [0.717, 1.165) is 27.2 Å². The summed E-state index contributed by atoms with van der Waals surface area (Å²) in [5.41, 5.74) is 4.43. The number of nitrogens with zero attached hydrogens (tertiary/aromatic N) is 1. The second-order valence-electron chi connectivity index (χ2n) is 6.88. The zero-order valence-corrected chi connectivity index (χ0v) is 16.7. The molecule has 0 bridgehead atoms. The molecule has 0 atom stereocenters. The molecule has 0 saturated heterocycles.